The molecule has 5 rings (SSSR count). The minimum Gasteiger partial charge on any atom is -0.379 e. The Kier molecular flexibility index (Phi) is 4.10. The lowest BCUT2D eigenvalue weighted by Crippen LogP contribution is -2.20. The lowest BCUT2D eigenvalue weighted by molar-refractivity contribution is 0.0960. The van der Waals surface area contributed by atoms with Crippen LogP contribution >= 0.6 is 11.5 Å². The first-order valence-corrected chi connectivity index (χ1v) is 10.1. The number of rotatable bonds is 4. The van der Waals surface area contributed by atoms with Crippen LogP contribution in [-0.2, 0) is 6.54 Å². The molecule has 1 atom stereocenters. The van der Waals surface area contributed by atoms with Crippen molar-refractivity contribution in [3.05, 3.63) is 94.7 Å². The summed E-state index contributed by atoms with van der Waals surface area (Å²) in [6.45, 7) is 2.70. The first-order chi connectivity index (χ1) is 13.7. The van der Waals surface area contributed by atoms with Gasteiger partial charge in [-0.3, -0.25) is 4.79 Å². The molecule has 0 saturated carbocycles. The van der Waals surface area contributed by atoms with E-state index in [0.29, 0.717) is 6.54 Å². The van der Waals surface area contributed by atoms with Crippen molar-refractivity contribution >= 4 is 33.2 Å². The van der Waals surface area contributed by atoms with E-state index in [0.717, 1.165) is 28.1 Å². The van der Waals surface area contributed by atoms with Crippen LogP contribution in [0.3, 0.4) is 0 Å². The molecule has 2 heterocycles. The number of hydrogen-bond acceptors (Lipinski definition) is 4. The van der Waals surface area contributed by atoms with Gasteiger partial charge in [0.2, 0.25) is 0 Å². The molecule has 1 unspecified atom stereocenters. The van der Waals surface area contributed by atoms with E-state index in [1.54, 1.807) is 0 Å². The van der Waals surface area contributed by atoms with Crippen molar-refractivity contribution in [3.8, 4) is 0 Å². The van der Waals surface area contributed by atoms with Crippen molar-refractivity contribution < 1.29 is 4.79 Å². The van der Waals surface area contributed by atoms with Crippen LogP contribution in [0.15, 0.2) is 66.7 Å². The summed E-state index contributed by atoms with van der Waals surface area (Å²) in [5.74, 6) is -0.0222. The van der Waals surface area contributed by atoms with E-state index in [-0.39, 0.29) is 11.9 Å². The molecule has 28 heavy (non-hydrogen) atoms. The quantitative estimate of drug-likeness (QED) is 0.517. The molecule has 4 nitrogen and oxygen atoms in total. The van der Waals surface area contributed by atoms with Crippen LogP contribution in [0.4, 0.5) is 5.69 Å². The number of benzene rings is 3. The second kappa shape index (κ2) is 6.77. The second-order valence-electron chi connectivity index (χ2n) is 7.01. The van der Waals surface area contributed by atoms with E-state index in [1.807, 2.05) is 42.5 Å². The van der Waals surface area contributed by atoms with Crippen LogP contribution in [0.5, 0.6) is 0 Å². The van der Waals surface area contributed by atoms with Gasteiger partial charge in [-0.15, -0.1) is 0 Å². The highest BCUT2D eigenvalue weighted by atomic mass is 32.1. The zero-order chi connectivity index (χ0) is 19.1. The van der Waals surface area contributed by atoms with Gasteiger partial charge in [0, 0.05) is 22.2 Å². The fraction of sp³-hybridized carbons (Fsp3) is 0.130. The van der Waals surface area contributed by atoms with E-state index in [2.05, 4.69) is 46.2 Å². The number of carbonyl (C=O) groups excluding carboxylic acids is 1. The summed E-state index contributed by atoms with van der Waals surface area (Å²) in [5, 5.41) is 7.86. The maximum Gasteiger partial charge on any atom is 0.252 e. The fourth-order valence-electron chi connectivity index (χ4n) is 3.90. The monoisotopic (exact) mass is 385 g/mol. The highest BCUT2D eigenvalue weighted by molar-refractivity contribution is 7.13. The van der Waals surface area contributed by atoms with Crippen LogP contribution in [-0.4, -0.2) is 10.3 Å². The summed E-state index contributed by atoms with van der Waals surface area (Å²) >= 11 is 1.52. The summed E-state index contributed by atoms with van der Waals surface area (Å²) in [6, 6.07) is 22.2. The topological polar surface area (TPSA) is 54.0 Å². The highest BCUT2D eigenvalue weighted by Gasteiger charge is 2.32. The van der Waals surface area contributed by atoms with Crippen LogP contribution in [0.25, 0.3) is 10.1 Å². The zero-order valence-corrected chi connectivity index (χ0v) is 16.2. The number of aryl methyl sites for hydroxylation is 1. The van der Waals surface area contributed by atoms with Gasteiger partial charge in [0.15, 0.2) is 0 Å². The van der Waals surface area contributed by atoms with Gasteiger partial charge >= 0.3 is 0 Å². The van der Waals surface area contributed by atoms with Crippen LogP contribution in [0.2, 0.25) is 0 Å². The number of hydrogen-bond donors (Lipinski definition) is 2. The van der Waals surface area contributed by atoms with Gasteiger partial charge in [0.25, 0.3) is 5.91 Å². The highest BCUT2D eigenvalue weighted by Crippen LogP contribution is 2.37. The van der Waals surface area contributed by atoms with E-state index >= 15 is 0 Å². The normalized spacial score (nSPS) is 15.5. The number of nitrogens with one attached hydrogen (secondary N) is 2. The Morgan fingerprint density at radius 2 is 1.86 bits per heavy atom. The van der Waals surface area contributed by atoms with Gasteiger partial charge in [-0.05, 0) is 47.8 Å². The number of nitrogens with zero attached hydrogens (tertiary/aromatic N) is 1. The minimum absolute atomic E-state index is 0.0222. The van der Waals surface area contributed by atoms with E-state index in [4.69, 9.17) is 0 Å². The first-order valence-electron chi connectivity index (χ1n) is 9.29. The number of anilines is 1. The van der Waals surface area contributed by atoms with Crippen molar-refractivity contribution in [2.75, 3.05) is 5.32 Å². The molecule has 138 valence electrons. The Hall–Kier alpha value is -3.18. The molecule has 1 aliphatic rings. The van der Waals surface area contributed by atoms with Crippen molar-refractivity contribution in [3.63, 3.8) is 0 Å². The van der Waals surface area contributed by atoms with Crippen LogP contribution in [0, 0.1) is 6.92 Å². The standard InChI is InChI=1S/C23H19N3OS/c1-14-7-2-3-8-15(14)22-21-17(23(27)25-22)10-6-11-18(21)24-13-19-16-9-4-5-12-20(16)28-26-19/h2-12,22,24H,13H2,1H3,(H,25,27). The number of aromatic nitrogens is 1. The third-order valence-corrected chi connectivity index (χ3v) is 6.18. The predicted molar refractivity (Wildman–Crippen MR) is 114 cm³/mol. The van der Waals surface area contributed by atoms with Crippen molar-refractivity contribution in [1.29, 1.82) is 0 Å². The third kappa shape index (κ3) is 2.75. The predicted octanol–water partition coefficient (Wildman–Crippen LogP) is 5.05. The summed E-state index contributed by atoms with van der Waals surface area (Å²) in [4.78, 5) is 12.6. The average Bonchev–Trinajstić information content (AvgIpc) is 3.28. The minimum atomic E-state index is -0.139. The van der Waals surface area contributed by atoms with Gasteiger partial charge in [-0.1, -0.05) is 48.5 Å². The largest absolute Gasteiger partial charge is 0.379 e. The van der Waals surface area contributed by atoms with Crippen molar-refractivity contribution in [2.24, 2.45) is 0 Å². The molecule has 2 N–H and O–H groups in total. The van der Waals surface area contributed by atoms with E-state index in [1.165, 1.54) is 27.2 Å². The Balaban J connectivity index is 1.52. The maximum atomic E-state index is 12.6. The first kappa shape index (κ1) is 17.0. The van der Waals surface area contributed by atoms with Crippen molar-refractivity contribution in [1.82, 2.24) is 9.69 Å². The van der Waals surface area contributed by atoms with Crippen molar-refractivity contribution in [2.45, 2.75) is 19.5 Å². The maximum absolute atomic E-state index is 12.6. The van der Waals surface area contributed by atoms with Gasteiger partial charge in [-0.25, -0.2) is 0 Å². The fourth-order valence-corrected chi connectivity index (χ4v) is 4.69. The smallest absolute Gasteiger partial charge is 0.252 e. The molecule has 0 aliphatic carbocycles. The molecule has 0 radical (unpaired) electrons. The lowest BCUT2D eigenvalue weighted by Gasteiger charge is -2.18. The number of amides is 1. The molecule has 4 aromatic rings. The molecule has 1 amide bonds. The van der Waals surface area contributed by atoms with Gasteiger partial charge in [-0.2, -0.15) is 4.37 Å². The molecule has 0 fully saturated rings. The molecule has 3 aromatic carbocycles. The Morgan fingerprint density at radius 1 is 1.04 bits per heavy atom. The summed E-state index contributed by atoms with van der Waals surface area (Å²) < 4.78 is 5.79. The summed E-state index contributed by atoms with van der Waals surface area (Å²) in [6.07, 6.45) is 0. The molecule has 0 bridgehead atoms. The van der Waals surface area contributed by atoms with Gasteiger partial charge in [0.1, 0.15) is 0 Å². The molecular formula is C23H19N3OS. The van der Waals surface area contributed by atoms with E-state index in [9.17, 15) is 4.79 Å². The molecule has 5 heteroatoms. The summed E-state index contributed by atoms with van der Waals surface area (Å²) in [7, 11) is 0. The Bertz CT molecular complexity index is 1200. The Labute approximate surface area is 167 Å². The van der Waals surface area contributed by atoms with Crippen LogP contribution in [0.1, 0.15) is 38.8 Å². The Morgan fingerprint density at radius 3 is 2.75 bits per heavy atom. The molecule has 0 saturated heterocycles. The number of carbonyl (C=O) groups is 1. The van der Waals surface area contributed by atoms with Gasteiger partial charge < -0.3 is 10.6 Å². The lowest BCUT2D eigenvalue weighted by atomic mass is 9.93. The summed E-state index contributed by atoms with van der Waals surface area (Å²) in [5.41, 5.74) is 6.05. The van der Waals surface area contributed by atoms with Crippen LogP contribution < -0.4 is 10.6 Å². The number of fused-ring (bicyclic) bond motifs is 2. The SMILES string of the molecule is Cc1ccccc1C1NC(=O)c2cccc(NCc3nsc4ccccc34)c21. The third-order valence-electron chi connectivity index (χ3n) is 5.31. The zero-order valence-electron chi connectivity index (χ0n) is 15.4. The average molecular weight is 385 g/mol. The van der Waals surface area contributed by atoms with Gasteiger partial charge in [0.05, 0.1) is 23.0 Å². The molecular weight excluding hydrogens is 366 g/mol. The molecule has 1 aromatic heterocycles. The van der Waals surface area contributed by atoms with E-state index < -0.39 is 0 Å². The second-order valence-corrected chi connectivity index (χ2v) is 7.81. The molecule has 0 spiro atoms. The molecule has 1 aliphatic heterocycles.